The van der Waals surface area contributed by atoms with Gasteiger partial charge in [0, 0.05) is 10.6 Å². The maximum Gasteiger partial charge on any atom is 0.293 e. The largest absolute Gasteiger partial charge is 0.490 e. The lowest BCUT2D eigenvalue weighted by molar-refractivity contribution is -0.123. The standard InChI is InChI=1S/C25H19ClFNO4S/c26-21-15-19(27)11-10-18(21)16-28-24(29)23(33-25(28)30)14-17-6-4-5-9-22(17)32-13-12-31-20-7-2-1-3-8-20/h1-11,14-15H,12-13,16H2/b23-14+. The summed E-state index contributed by atoms with van der Waals surface area (Å²) in [7, 11) is 0. The van der Waals surface area contributed by atoms with Crippen LogP contribution < -0.4 is 9.47 Å². The van der Waals surface area contributed by atoms with Crippen LogP contribution in [0.15, 0.2) is 77.7 Å². The van der Waals surface area contributed by atoms with Crippen molar-refractivity contribution in [1.29, 1.82) is 0 Å². The minimum atomic E-state index is -0.483. The maximum atomic E-state index is 13.3. The Labute approximate surface area is 199 Å². The molecule has 3 aromatic carbocycles. The zero-order chi connectivity index (χ0) is 23.2. The van der Waals surface area contributed by atoms with Gasteiger partial charge in [-0.2, -0.15) is 0 Å². The van der Waals surface area contributed by atoms with Crippen molar-refractivity contribution in [3.05, 3.63) is 99.7 Å². The Hall–Kier alpha value is -3.29. The molecule has 0 aromatic heterocycles. The zero-order valence-corrected chi connectivity index (χ0v) is 18.9. The molecule has 2 amide bonds. The van der Waals surface area contributed by atoms with Crippen LogP contribution in [0.3, 0.4) is 0 Å². The summed E-state index contributed by atoms with van der Waals surface area (Å²) in [5.74, 6) is 0.406. The molecule has 0 radical (unpaired) electrons. The second-order valence-electron chi connectivity index (χ2n) is 7.05. The minimum absolute atomic E-state index is 0.0317. The number of rotatable bonds is 8. The van der Waals surface area contributed by atoms with E-state index in [1.807, 2.05) is 42.5 Å². The first-order valence-corrected chi connectivity index (χ1v) is 11.3. The summed E-state index contributed by atoms with van der Waals surface area (Å²) in [5.41, 5.74) is 1.16. The van der Waals surface area contributed by atoms with Crippen LogP contribution in [-0.2, 0) is 11.3 Å². The van der Waals surface area contributed by atoms with Gasteiger partial charge in [-0.15, -0.1) is 0 Å². The molecule has 0 spiro atoms. The van der Waals surface area contributed by atoms with Gasteiger partial charge in [-0.25, -0.2) is 4.39 Å². The number of thioether (sulfide) groups is 1. The molecule has 0 unspecified atom stereocenters. The van der Waals surface area contributed by atoms with Crippen molar-refractivity contribution >= 4 is 40.6 Å². The first-order chi connectivity index (χ1) is 16.0. The number of nitrogens with zero attached hydrogens (tertiary/aromatic N) is 1. The zero-order valence-electron chi connectivity index (χ0n) is 17.4. The van der Waals surface area contributed by atoms with E-state index in [1.165, 1.54) is 12.1 Å². The van der Waals surface area contributed by atoms with Gasteiger partial charge in [0.15, 0.2) is 0 Å². The molecule has 0 N–H and O–H groups in total. The number of imide groups is 1. The Morgan fingerprint density at radius 2 is 1.67 bits per heavy atom. The second kappa shape index (κ2) is 10.6. The third-order valence-electron chi connectivity index (χ3n) is 4.78. The normalized spacial score (nSPS) is 14.7. The summed E-state index contributed by atoms with van der Waals surface area (Å²) < 4.78 is 24.8. The molecule has 0 aliphatic carbocycles. The quantitative estimate of drug-likeness (QED) is 0.283. The Kier molecular flexibility index (Phi) is 7.32. The van der Waals surface area contributed by atoms with E-state index in [0.717, 1.165) is 28.5 Å². The number of carbonyl (C=O) groups is 2. The molecule has 33 heavy (non-hydrogen) atoms. The Morgan fingerprint density at radius 3 is 2.45 bits per heavy atom. The molecule has 1 fully saturated rings. The van der Waals surface area contributed by atoms with E-state index in [2.05, 4.69) is 0 Å². The monoisotopic (exact) mass is 483 g/mol. The van der Waals surface area contributed by atoms with Gasteiger partial charge in [-0.05, 0) is 53.7 Å². The molecule has 1 heterocycles. The Balaban J connectivity index is 1.43. The SMILES string of the molecule is O=C1S/C(=C/c2ccccc2OCCOc2ccccc2)C(=O)N1Cc1ccc(F)cc1Cl. The molecule has 8 heteroatoms. The van der Waals surface area contributed by atoms with E-state index in [1.54, 1.807) is 18.2 Å². The summed E-state index contributed by atoms with van der Waals surface area (Å²) in [6.07, 6.45) is 1.63. The average Bonchev–Trinajstić information content (AvgIpc) is 3.07. The van der Waals surface area contributed by atoms with Gasteiger partial charge in [0.1, 0.15) is 30.5 Å². The van der Waals surface area contributed by atoms with E-state index >= 15 is 0 Å². The van der Waals surface area contributed by atoms with E-state index in [9.17, 15) is 14.0 Å². The molecule has 0 bridgehead atoms. The van der Waals surface area contributed by atoms with Crippen molar-refractivity contribution in [2.45, 2.75) is 6.54 Å². The van der Waals surface area contributed by atoms with Gasteiger partial charge < -0.3 is 9.47 Å². The summed E-state index contributed by atoms with van der Waals surface area (Å²) in [5, 5.41) is -0.254. The van der Waals surface area contributed by atoms with Crippen molar-refractivity contribution in [2.75, 3.05) is 13.2 Å². The van der Waals surface area contributed by atoms with Gasteiger partial charge in [0.2, 0.25) is 0 Å². The minimum Gasteiger partial charge on any atom is -0.490 e. The topological polar surface area (TPSA) is 55.8 Å². The maximum absolute atomic E-state index is 13.3. The Bertz CT molecular complexity index is 1200. The van der Waals surface area contributed by atoms with Crippen LogP contribution in [-0.4, -0.2) is 29.3 Å². The molecule has 0 saturated carbocycles. The third kappa shape index (κ3) is 5.74. The smallest absolute Gasteiger partial charge is 0.293 e. The highest BCUT2D eigenvalue weighted by molar-refractivity contribution is 8.18. The summed E-state index contributed by atoms with van der Waals surface area (Å²) >= 11 is 6.89. The van der Waals surface area contributed by atoms with Gasteiger partial charge in [0.05, 0.1) is 11.4 Å². The van der Waals surface area contributed by atoms with Crippen LogP contribution in [0, 0.1) is 5.82 Å². The van der Waals surface area contributed by atoms with E-state index in [4.69, 9.17) is 21.1 Å². The number of ether oxygens (including phenoxy) is 2. The molecular formula is C25H19ClFNO4S. The number of benzene rings is 3. The first-order valence-electron chi connectivity index (χ1n) is 10.1. The fraction of sp³-hybridized carbons (Fsp3) is 0.120. The molecule has 1 aliphatic heterocycles. The predicted octanol–water partition coefficient (Wildman–Crippen LogP) is 6.17. The molecule has 4 rings (SSSR count). The number of halogens is 2. The van der Waals surface area contributed by atoms with Gasteiger partial charge in [-0.1, -0.05) is 54.1 Å². The summed E-state index contributed by atoms with van der Waals surface area (Å²) in [6, 6.07) is 20.5. The molecule has 168 valence electrons. The van der Waals surface area contributed by atoms with Crippen molar-refractivity contribution in [2.24, 2.45) is 0 Å². The summed E-state index contributed by atoms with van der Waals surface area (Å²) in [4.78, 5) is 26.7. The van der Waals surface area contributed by atoms with Crippen molar-refractivity contribution in [3.63, 3.8) is 0 Å². The molecule has 3 aromatic rings. The van der Waals surface area contributed by atoms with Crippen LogP contribution >= 0.6 is 23.4 Å². The van der Waals surface area contributed by atoms with Crippen LogP contribution in [0.1, 0.15) is 11.1 Å². The predicted molar refractivity (Wildman–Crippen MR) is 127 cm³/mol. The highest BCUT2D eigenvalue weighted by Crippen LogP contribution is 2.35. The van der Waals surface area contributed by atoms with E-state index < -0.39 is 17.0 Å². The second-order valence-corrected chi connectivity index (χ2v) is 8.45. The van der Waals surface area contributed by atoms with Crippen molar-refractivity contribution < 1.29 is 23.5 Å². The number of carbonyl (C=O) groups excluding carboxylic acids is 2. The highest BCUT2D eigenvalue weighted by atomic mass is 35.5. The number of amides is 2. The molecule has 5 nitrogen and oxygen atoms in total. The van der Waals surface area contributed by atoms with Crippen LogP contribution in [0.4, 0.5) is 9.18 Å². The number of para-hydroxylation sites is 2. The molecular weight excluding hydrogens is 465 g/mol. The van der Waals surface area contributed by atoms with E-state index in [0.29, 0.717) is 30.1 Å². The average molecular weight is 484 g/mol. The molecule has 0 atom stereocenters. The Morgan fingerprint density at radius 1 is 0.939 bits per heavy atom. The molecule has 1 saturated heterocycles. The van der Waals surface area contributed by atoms with Gasteiger partial charge in [0.25, 0.3) is 11.1 Å². The lowest BCUT2D eigenvalue weighted by Crippen LogP contribution is -2.27. The molecule has 1 aliphatic rings. The number of hydrogen-bond donors (Lipinski definition) is 0. The fourth-order valence-electron chi connectivity index (χ4n) is 3.16. The van der Waals surface area contributed by atoms with Crippen LogP contribution in [0.25, 0.3) is 6.08 Å². The van der Waals surface area contributed by atoms with E-state index in [-0.39, 0.29) is 16.5 Å². The fourth-order valence-corrected chi connectivity index (χ4v) is 4.21. The van der Waals surface area contributed by atoms with Crippen LogP contribution in [0.5, 0.6) is 11.5 Å². The lowest BCUT2D eigenvalue weighted by Gasteiger charge is -2.13. The highest BCUT2D eigenvalue weighted by Gasteiger charge is 2.35. The number of hydrogen-bond acceptors (Lipinski definition) is 5. The lowest BCUT2D eigenvalue weighted by atomic mass is 10.1. The first kappa shape index (κ1) is 22.9. The van der Waals surface area contributed by atoms with Gasteiger partial charge in [-0.3, -0.25) is 14.5 Å². The van der Waals surface area contributed by atoms with Crippen molar-refractivity contribution in [1.82, 2.24) is 4.90 Å². The van der Waals surface area contributed by atoms with Gasteiger partial charge >= 0.3 is 0 Å². The summed E-state index contributed by atoms with van der Waals surface area (Å²) in [6.45, 7) is 0.633. The third-order valence-corrected chi connectivity index (χ3v) is 6.03. The van der Waals surface area contributed by atoms with Crippen molar-refractivity contribution in [3.8, 4) is 11.5 Å². The van der Waals surface area contributed by atoms with Crippen LogP contribution in [0.2, 0.25) is 5.02 Å².